The van der Waals surface area contributed by atoms with Crippen LogP contribution < -0.4 is 10.1 Å². The first-order chi connectivity index (χ1) is 13.5. The number of nitrogens with zero attached hydrogens (tertiary/aromatic N) is 2. The van der Waals surface area contributed by atoms with E-state index in [-0.39, 0.29) is 17.5 Å². The van der Waals surface area contributed by atoms with Gasteiger partial charge in [0.15, 0.2) is 5.17 Å². The lowest BCUT2D eigenvalue weighted by Gasteiger charge is -2.06. The van der Waals surface area contributed by atoms with E-state index in [4.69, 9.17) is 21.4 Å². The fraction of sp³-hybridized carbons (Fsp3) is 0.158. The average Bonchev–Trinajstić information content (AvgIpc) is 3.01. The number of hydrogen-bond donors (Lipinski definition) is 2. The van der Waals surface area contributed by atoms with Crippen LogP contribution in [0, 0.1) is 0 Å². The zero-order valence-corrected chi connectivity index (χ0v) is 16.1. The fourth-order valence-corrected chi connectivity index (χ4v) is 3.33. The summed E-state index contributed by atoms with van der Waals surface area (Å²) in [4.78, 5) is 22.3. The number of carbonyl (C=O) groups excluding carboxylic acids is 1. The number of rotatable bonds is 7. The molecule has 1 amide bonds. The zero-order valence-electron chi connectivity index (χ0n) is 14.5. The molecule has 144 valence electrons. The number of amidine groups is 1. The van der Waals surface area contributed by atoms with Crippen molar-refractivity contribution in [2.24, 2.45) is 10.2 Å². The van der Waals surface area contributed by atoms with Gasteiger partial charge in [0.1, 0.15) is 17.6 Å². The second-order valence-corrected chi connectivity index (χ2v) is 7.46. The van der Waals surface area contributed by atoms with Gasteiger partial charge >= 0.3 is 5.97 Å². The van der Waals surface area contributed by atoms with Gasteiger partial charge in [-0.25, -0.2) is 0 Å². The van der Waals surface area contributed by atoms with Crippen molar-refractivity contribution < 1.29 is 19.4 Å². The van der Waals surface area contributed by atoms with Crippen LogP contribution in [0.4, 0.5) is 0 Å². The number of thioether (sulfide) groups is 1. The Morgan fingerprint density at radius 2 is 1.93 bits per heavy atom. The molecule has 2 aromatic carbocycles. The predicted octanol–water partition coefficient (Wildman–Crippen LogP) is 3.32. The summed E-state index contributed by atoms with van der Waals surface area (Å²) in [7, 11) is 0. The maximum absolute atomic E-state index is 11.6. The van der Waals surface area contributed by atoms with Crippen LogP contribution >= 0.6 is 23.4 Å². The Kier molecular flexibility index (Phi) is 6.67. The summed E-state index contributed by atoms with van der Waals surface area (Å²) in [6.45, 7) is 0.437. The Bertz CT molecular complexity index is 914. The lowest BCUT2D eigenvalue weighted by molar-refractivity contribution is -0.138. The van der Waals surface area contributed by atoms with Crippen LogP contribution in [-0.4, -0.2) is 33.6 Å². The molecule has 2 N–H and O–H groups in total. The molecule has 1 aliphatic heterocycles. The Hall–Kier alpha value is -2.84. The minimum absolute atomic E-state index is 0.253. The number of carboxylic acids is 1. The standard InChI is InChI=1S/C19H16ClN3O4S/c20-14-5-1-13(2-6-14)11-27-15-7-3-12(4-8-15)10-21-23-19-22-18(26)16(28-19)9-17(24)25/h1-8,10,16H,9,11H2,(H,24,25)(H,22,23,26)/b21-10-/t16-/m1/s1. The molecule has 0 aliphatic carbocycles. The third-order valence-electron chi connectivity index (χ3n) is 3.69. The van der Waals surface area contributed by atoms with E-state index in [9.17, 15) is 9.59 Å². The van der Waals surface area contributed by atoms with Gasteiger partial charge in [-0.1, -0.05) is 35.5 Å². The molecular weight excluding hydrogens is 402 g/mol. The third-order valence-corrected chi connectivity index (χ3v) is 5.01. The second kappa shape index (κ2) is 9.38. The molecule has 1 aliphatic rings. The van der Waals surface area contributed by atoms with Gasteiger partial charge in [-0.05, 0) is 47.5 Å². The Morgan fingerprint density at radius 3 is 2.61 bits per heavy atom. The summed E-state index contributed by atoms with van der Waals surface area (Å²) in [6.07, 6.45) is 1.28. The van der Waals surface area contributed by atoms with Gasteiger partial charge < -0.3 is 15.2 Å². The van der Waals surface area contributed by atoms with Gasteiger partial charge in [-0.3, -0.25) is 9.59 Å². The van der Waals surface area contributed by atoms with Crippen molar-refractivity contribution in [3.63, 3.8) is 0 Å². The summed E-state index contributed by atoms with van der Waals surface area (Å²) >= 11 is 6.91. The minimum atomic E-state index is -1.03. The van der Waals surface area contributed by atoms with Crippen molar-refractivity contribution in [2.45, 2.75) is 18.3 Å². The number of benzene rings is 2. The first kappa shape index (κ1) is 19.9. The molecule has 0 aromatic heterocycles. The number of nitrogens with one attached hydrogen (secondary N) is 1. The van der Waals surface area contributed by atoms with Gasteiger partial charge in [-0.15, -0.1) is 5.10 Å². The molecular formula is C19H16ClN3O4S. The van der Waals surface area contributed by atoms with Crippen molar-refractivity contribution in [2.75, 3.05) is 0 Å². The van der Waals surface area contributed by atoms with Gasteiger partial charge in [0.05, 0.1) is 12.6 Å². The SMILES string of the molecule is O=C(O)C[C@H]1S/C(=N\N=C/c2ccc(OCc3ccc(Cl)cc3)cc2)NC1=O. The van der Waals surface area contributed by atoms with Crippen LogP contribution in [0.3, 0.4) is 0 Å². The van der Waals surface area contributed by atoms with E-state index in [1.54, 1.807) is 0 Å². The molecule has 0 bridgehead atoms. The number of carboxylic acid groups (broad SMARTS) is 1. The van der Waals surface area contributed by atoms with Crippen LogP contribution in [0.1, 0.15) is 17.5 Å². The van der Waals surface area contributed by atoms with E-state index in [1.807, 2.05) is 48.5 Å². The van der Waals surface area contributed by atoms with Crippen molar-refractivity contribution in [1.29, 1.82) is 0 Å². The largest absolute Gasteiger partial charge is 0.489 e. The van der Waals surface area contributed by atoms with Gasteiger partial charge in [-0.2, -0.15) is 5.10 Å². The summed E-state index contributed by atoms with van der Waals surface area (Å²) in [6, 6.07) is 14.7. The molecule has 1 atom stereocenters. The van der Waals surface area contributed by atoms with Gasteiger partial charge in [0.25, 0.3) is 0 Å². The highest BCUT2D eigenvalue weighted by molar-refractivity contribution is 8.15. The molecule has 0 saturated carbocycles. The number of ether oxygens (including phenoxy) is 1. The number of halogens is 1. The highest BCUT2D eigenvalue weighted by atomic mass is 35.5. The maximum Gasteiger partial charge on any atom is 0.305 e. The van der Waals surface area contributed by atoms with E-state index < -0.39 is 11.2 Å². The Balaban J connectivity index is 1.52. The molecule has 7 nitrogen and oxygen atoms in total. The maximum atomic E-state index is 11.6. The molecule has 1 fully saturated rings. The van der Waals surface area contributed by atoms with E-state index in [2.05, 4.69) is 15.5 Å². The fourth-order valence-electron chi connectivity index (χ4n) is 2.29. The van der Waals surface area contributed by atoms with Gasteiger partial charge in [0.2, 0.25) is 5.91 Å². The van der Waals surface area contributed by atoms with E-state index in [0.29, 0.717) is 17.4 Å². The zero-order chi connectivity index (χ0) is 19.9. The molecule has 1 heterocycles. The van der Waals surface area contributed by atoms with Crippen LogP contribution in [0.15, 0.2) is 58.7 Å². The average molecular weight is 418 g/mol. The molecule has 2 aromatic rings. The highest BCUT2D eigenvalue weighted by Gasteiger charge is 2.32. The quantitative estimate of drug-likeness (QED) is 0.531. The van der Waals surface area contributed by atoms with Gasteiger partial charge in [0, 0.05) is 5.02 Å². The third kappa shape index (κ3) is 5.83. The molecule has 28 heavy (non-hydrogen) atoms. The number of hydrogen-bond acceptors (Lipinski definition) is 6. The summed E-state index contributed by atoms with van der Waals surface area (Å²) in [5.41, 5.74) is 1.82. The molecule has 0 unspecified atom stereocenters. The van der Waals surface area contributed by atoms with Crippen molar-refractivity contribution in [3.05, 3.63) is 64.7 Å². The number of amides is 1. The topological polar surface area (TPSA) is 100 Å². The molecule has 0 spiro atoms. The normalized spacial score (nSPS) is 17.8. The van der Waals surface area contributed by atoms with E-state index in [0.717, 1.165) is 22.9 Å². The predicted molar refractivity (Wildman–Crippen MR) is 109 cm³/mol. The lowest BCUT2D eigenvalue weighted by Crippen LogP contribution is -2.26. The second-order valence-electron chi connectivity index (χ2n) is 5.83. The minimum Gasteiger partial charge on any atom is -0.489 e. The molecule has 9 heteroatoms. The first-order valence-corrected chi connectivity index (χ1v) is 9.53. The van der Waals surface area contributed by atoms with E-state index >= 15 is 0 Å². The summed E-state index contributed by atoms with van der Waals surface area (Å²) < 4.78 is 5.71. The highest BCUT2D eigenvalue weighted by Crippen LogP contribution is 2.22. The summed E-state index contributed by atoms with van der Waals surface area (Å²) in [5.74, 6) is -0.687. The van der Waals surface area contributed by atoms with Crippen LogP contribution in [0.2, 0.25) is 5.02 Å². The molecule has 3 rings (SSSR count). The van der Waals surface area contributed by atoms with Crippen LogP contribution in [0.25, 0.3) is 0 Å². The molecule has 1 saturated heterocycles. The van der Waals surface area contributed by atoms with Crippen molar-refractivity contribution in [3.8, 4) is 5.75 Å². The smallest absolute Gasteiger partial charge is 0.305 e. The Morgan fingerprint density at radius 1 is 1.21 bits per heavy atom. The molecule has 0 radical (unpaired) electrons. The van der Waals surface area contributed by atoms with Crippen molar-refractivity contribution in [1.82, 2.24) is 5.32 Å². The summed E-state index contributed by atoms with van der Waals surface area (Å²) in [5, 5.41) is 19.4. The lowest BCUT2D eigenvalue weighted by atomic mass is 10.2. The van der Waals surface area contributed by atoms with Crippen molar-refractivity contribution >= 4 is 46.6 Å². The van der Waals surface area contributed by atoms with Crippen LogP contribution in [0.5, 0.6) is 5.75 Å². The van der Waals surface area contributed by atoms with E-state index in [1.165, 1.54) is 6.21 Å². The first-order valence-electron chi connectivity index (χ1n) is 8.27. The number of aliphatic carboxylic acids is 1. The number of carbonyl (C=O) groups is 2. The Labute approximate surface area is 170 Å². The van der Waals surface area contributed by atoms with Crippen LogP contribution in [-0.2, 0) is 16.2 Å². The monoisotopic (exact) mass is 417 g/mol.